The van der Waals surface area contributed by atoms with Gasteiger partial charge in [0, 0.05) is 33.5 Å². The third-order valence-electron chi connectivity index (χ3n) is 7.81. The molecule has 6 aromatic rings. The molecule has 1 aliphatic rings. The first-order valence-electron chi connectivity index (χ1n) is 14.6. The van der Waals surface area contributed by atoms with Crippen LogP contribution in [0.3, 0.4) is 0 Å². The fourth-order valence-electron chi connectivity index (χ4n) is 5.60. The summed E-state index contributed by atoms with van der Waals surface area (Å²) in [5, 5.41) is 4.94. The lowest BCUT2D eigenvalue weighted by molar-refractivity contribution is 0.142. The van der Waals surface area contributed by atoms with Crippen LogP contribution in [0.5, 0.6) is 0 Å². The molecule has 0 N–H and O–H groups in total. The van der Waals surface area contributed by atoms with Gasteiger partial charge in [-0.3, -0.25) is 4.57 Å². The van der Waals surface area contributed by atoms with Crippen LogP contribution in [0.15, 0.2) is 109 Å². The summed E-state index contributed by atoms with van der Waals surface area (Å²) in [7, 11) is 0. The Morgan fingerprint density at radius 1 is 0.744 bits per heavy atom. The van der Waals surface area contributed by atoms with Gasteiger partial charge in [0.25, 0.3) is 0 Å². The first kappa shape index (κ1) is 20.4. The minimum absolute atomic E-state index is 0.380. The highest BCUT2D eigenvalue weighted by atomic mass is 16.8. The molecular weight excluding hydrogens is 480 g/mol. The van der Waals surface area contributed by atoms with Crippen LogP contribution in [0.4, 0.5) is 17.1 Å². The fourth-order valence-corrected chi connectivity index (χ4v) is 5.60. The molecule has 0 radical (unpaired) electrons. The molecule has 0 atom stereocenters. The average molecular weight is 514 g/mol. The van der Waals surface area contributed by atoms with Gasteiger partial charge in [0.05, 0.1) is 28.1 Å². The Bertz CT molecular complexity index is 1980. The first-order valence-corrected chi connectivity index (χ1v) is 13.1. The average Bonchev–Trinajstić information content (AvgIpc) is 3.54. The molecule has 0 unspecified atom stereocenters. The molecule has 3 heterocycles. The zero-order valence-electron chi connectivity index (χ0n) is 25.1. The predicted molar refractivity (Wildman–Crippen MR) is 160 cm³/mol. The third kappa shape index (κ3) is 3.69. The molecule has 0 amide bonds. The molecule has 0 fully saturated rings. The highest BCUT2D eigenvalue weighted by molar-refractivity contribution is 6.09. The highest BCUT2D eigenvalue weighted by Gasteiger charge is 2.29. The van der Waals surface area contributed by atoms with Gasteiger partial charge in [-0.05, 0) is 72.1 Å². The number of benzene rings is 4. The number of aryl methyl sites for hydroxylation is 1. The van der Waals surface area contributed by atoms with Crippen molar-refractivity contribution in [2.75, 3.05) is 17.1 Å². The van der Waals surface area contributed by atoms with E-state index < -0.39 is 6.98 Å². The van der Waals surface area contributed by atoms with Crippen molar-refractivity contribution in [3.63, 3.8) is 0 Å². The van der Waals surface area contributed by atoms with E-state index in [2.05, 4.69) is 86.0 Å². The fraction of sp³-hybridized carbons (Fsp3) is 0.147. The topological polar surface area (TPSA) is 33.5 Å². The standard InChI is InChI=1S/C34H30N4O/c1-23-18-19-35-33(20-23)37-29-13-6-5-12-27(29)28-17-16-25(22-32(28)37)34(2,3)24-10-9-11-26(21-24)38-31-15-8-7-14-30(31)36(4)39-38/h5-22H,1-4H3/i4D3. The van der Waals surface area contributed by atoms with Crippen LogP contribution in [-0.4, -0.2) is 16.5 Å². The number of nitrogens with zero attached hydrogens (tertiary/aromatic N) is 4. The van der Waals surface area contributed by atoms with Crippen molar-refractivity contribution in [1.29, 1.82) is 0 Å². The molecule has 5 nitrogen and oxygen atoms in total. The number of hydrogen-bond donors (Lipinski definition) is 0. The Balaban J connectivity index is 1.34. The molecule has 2 aromatic heterocycles. The lowest BCUT2D eigenvalue weighted by Crippen LogP contribution is -2.22. The van der Waals surface area contributed by atoms with Crippen LogP contribution in [-0.2, 0) is 10.4 Å². The van der Waals surface area contributed by atoms with Crippen molar-refractivity contribution in [2.24, 2.45) is 0 Å². The molecule has 192 valence electrons. The second-order valence-corrected chi connectivity index (χ2v) is 10.6. The van der Waals surface area contributed by atoms with Gasteiger partial charge in [0.2, 0.25) is 0 Å². The number of hydroxylamine groups is 1. The van der Waals surface area contributed by atoms with Gasteiger partial charge in [-0.2, -0.15) is 5.06 Å². The SMILES string of the molecule is [2H]C([2H])([2H])N1ON(c2cccc(C(C)(C)c3ccc4c5ccccc5n(-c5cc(C)ccn5)c4c3)c2)c2ccccc21. The van der Waals surface area contributed by atoms with Gasteiger partial charge >= 0.3 is 0 Å². The number of rotatable bonds is 4. The molecule has 1 aliphatic heterocycles. The quantitative estimate of drug-likeness (QED) is 0.238. The second-order valence-electron chi connectivity index (χ2n) is 10.6. The maximum atomic E-state index is 7.96. The lowest BCUT2D eigenvalue weighted by Gasteiger charge is -2.28. The highest BCUT2D eigenvalue weighted by Crippen LogP contribution is 2.43. The van der Waals surface area contributed by atoms with E-state index in [0.717, 1.165) is 44.3 Å². The Morgan fingerprint density at radius 2 is 1.51 bits per heavy atom. The van der Waals surface area contributed by atoms with Gasteiger partial charge < -0.3 is 0 Å². The summed E-state index contributed by atoms with van der Waals surface area (Å²) in [5.74, 6) is 0.891. The number of para-hydroxylation sites is 3. The van der Waals surface area contributed by atoms with E-state index in [1.165, 1.54) is 10.8 Å². The van der Waals surface area contributed by atoms with Crippen LogP contribution in [0.2, 0.25) is 0 Å². The lowest BCUT2D eigenvalue weighted by atomic mass is 9.77. The minimum atomic E-state index is -2.44. The second kappa shape index (κ2) is 8.72. The molecule has 7 rings (SSSR count). The van der Waals surface area contributed by atoms with Crippen molar-refractivity contribution in [1.82, 2.24) is 9.55 Å². The molecule has 0 saturated carbocycles. The Morgan fingerprint density at radius 3 is 2.36 bits per heavy atom. The van der Waals surface area contributed by atoms with Crippen molar-refractivity contribution >= 4 is 38.9 Å². The number of fused-ring (bicyclic) bond motifs is 4. The molecular formula is C34H30N4O. The number of pyridine rings is 1. The first-order chi connectivity index (χ1) is 20.1. The molecule has 39 heavy (non-hydrogen) atoms. The predicted octanol–water partition coefficient (Wildman–Crippen LogP) is 8.25. The van der Waals surface area contributed by atoms with Crippen molar-refractivity contribution < 1.29 is 9.05 Å². The third-order valence-corrected chi connectivity index (χ3v) is 7.81. The Labute approximate surface area is 232 Å². The maximum absolute atomic E-state index is 7.96. The molecule has 0 spiro atoms. The van der Waals surface area contributed by atoms with E-state index in [1.54, 1.807) is 11.1 Å². The van der Waals surface area contributed by atoms with Crippen LogP contribution in [0.25, 0.3) is 27.6 Å². The summed E-state index contributed by atoms with van der Waals surface area (Å²) < 4.78 is 26.1. The van der Waals surface area contributed by atoms with Crippen molar-refractivity contribution in [3.8, 4) is 5.82 Å². The van der Waals surface area contributed by atoms with Crippen molar-refractivity contribution in [3.05, 3.63) is 126 Å². The number of aromatic nitrogens is 2. The molecule has 5 heteroatoms. The molecule has 4 aromatic carbocycles. The summed E-state index contributed by atoms with van der Waals surface area (Å²) in [6.45, 7) is 4.06. The van der Waals surface area contributed by atoms with Crippen LogP contribution in [0.1, 0.15) is 34.7 Å². The van der Waals surface area contributed by atoms with E-state index in [-0.39, 0.29) is 5.41 Å². The van der Waals surface area contributed by atoms with Crippen LogP contribution >= 0.6 is 0 Å². The summed E-state index contributed by atoms with van der Waals surface area (Å²) in [6, 6.07) is 34.7. The zero-order chi connectivity index (χ0) is 29.2. The molecule has 0 saturated heterocycles. The zero-order valence-corrected chi connectivity index (χ0v) is 22.1. The van der Waals surface area contributed by atoms with Gasteiger partial charge in [0.1, 0.15) is 5.82 Å². The van der Waals surface area contributed by atoms with Gasteiger partial charge in [-0.15, -0.1) is 4.94 Å². The van der Waals surface area contributed by atoms with Gasteiger partial charge in [-0.1, -0.05) is 68.4 Å². The Kier molecular flexibility index (Phi) is 4.55. The summed E-state index contributed by atoms with van der Waals surface area (Å²) in [4.78, 5) is 10.6. The minimum Gasteiger partial charge on any atom is -0.294 e. The largest absolute Gasteiger partial charge is 0.294 e. The summed E-state index contributed by atoms with van der Waals surface area (Å²) >= 11 is 0. The van der Waals surface area contributed by atoms with E-state index in [9.17, 15) is 0 Å². The van der Waals surface area contributed by atoms with Crippen LogP contribution < -0.4 is 10.1 Å². The van der Waals surface area contributed by atoms with Crippen molar-refractivity contribution in [2.45, 2.75) is 26.2 Å². The maximum Gasteiger partial charge on any atom is 0.137 e. The van der Waals surface area contributed by atoms with Gasteiger partial charge in [0.15, 0.2) is 0 Å². The molecule has 0 bridgehead atoms. The number of hydrogen-bond acceptors (Lipinski definition) is 4. The van der Waals surface area contributed by atoms with E-state index >= 15 is 0 Å². The number of anilines is 3. The smallest absolute Gasteiger partial charge is 0.137 e. The molecule has 0 aliphatic carbocycles. The normalized spacial score (nSPS) is 14.9. The Hall–Kier alpha value is -4.61. The summed E-state index contributed by atoms with van der Waals surface area (Å²) in [6.07, 6.45) is 1.86. The van der Waals surface area contributed by atoms with Crippen LogP contribution in [0, 0.1) is 6.92 Å². The van der Waals surface area contributed by atoms with E-state index in [1.807, 2.05) is 42.6 Å². The van der Waals surface area contributed by atoms with E-state index in [0.29, 0.717) is 11.4 Å². The van der Waals surface area contributed by atoms with E-state index in [4.69, 9.17) is 14.0 Å². The summed E-state index contributed by atoms with van der Waals surface area (Å²) in [5.41, 5.74) is 7.15. The monoisotopic (exact) mass is 513 g/mol. The van der Waals surface area contributed by atoms with Gasteiger partial charge in [-0.25, -0.2) is 10.0 Å².